The Morgan fingerprint density at radius 1 is 1.13 bits per heavy atom. The molecule has 39 heavy (non-hydrogen) atoms. The summed E-state index contributed by atoms with van der Waals surface area (Å²) in [7, 11) is 1.67. The van der Waals surface area contributed by atoms with E-state index in [2.05, 4.69) is 4.57 Å². The highest BCUT2D eigenvalue weighted by Crippen LogP contribution is 2.42. The molecule has 0 N–H and O–H groups in total. The van der Waals surface area contributed by atoms with Crippen molar-refractivity contribution in [1.82, 2.24) is 9.55 Å². The van der Waals surface area contributed by atoms with Gasteiger partial charge < -0.3 is 14.2 Å². The van der Waals surface area contributed by atoms with E-state index in [1.54, 1.807) is 25.3 Å². The molecule has 0 unspecified atom stereocenters. The van der Waals surface area contributed by atoms with Gasteiger partial charge in [-0.1, -0.05) is 23.7 Å². The van der Waals surface area contributed by atoms with Gasteiger partial charge in [-0.05, 0) is 48.4 Å². The molecule has 0 fully saturated rings. The third-order valence-corrected chi connectivity index (χ3v) is 8.06. The summed E-state index contributed by atoms with van der Waals surface area (Å²) in [5, 5.41) is 1.83. The molecule has 13 heteroatoms. The van der Waals surface area contributed by atoms with Crippen LogP contribution in [0.15, 0.2) is 48.5 Å². The molecule has 0 bridgehead atoms. The van der Waals surface area contributed by atoms with Crippen LogP contribution in [0.25, 0.3) is 21.5 Å². The van der Waals surface area contributed by atoms with Crippen LogP contribution >= 0.6 is 22.9 Å². The molecule has 4 aromatic rings. The largest absolute Gasteiger partial charge is 0.385 e. The van der Waals surface area contributed by atoms with Crippen molar-refractivity contribution < 1.29 is 22.2 Å². The summed E-state index contributed by atoms with van der Waals surface area (Å²) in [6.07, 6.45) is 1.80. The number of fused-ring (bicyclic) bond motifs is 2. The number of amides is 1. The molecule has 1 amide bonds. The van der Waals surface area contributed by atoms with E-state index in [0.717, 1.165) is 46.6 Å². The van der Waals surface area contributed by atoms with Crippen molar-refractivity contribution in [2.75, 3.05) is 55.6 Å². The van der Waals surface area contributed by atoms with Crippen molar-refractivity contribution in [3.8, 4) is 10.4 Å². The lowest BCUT2D eigenvalue weighted by Crippen LogP contribution is -2.46. The first-order valence-corrected chi connectivity index (χ1v) is 15.1. The highest BCUT2D eigenvalue weighted by molar-refractivity contribution is 7.86. The lowest BCUT2D eigenvalue weighted by atomic mass is 10.1. The Hall–Kier alpha value is -3.16. The van der Waals surface area contributed by atoms with Crippen LogP contribution in [0.2, 0.25) is 5.02 Å². The molecule has 3 heterocycles. The van der Waals surface area contributed by atoms with E-state index < -0.39 is 10.1 Å². The van der Waals surface area contributed by atoms with Crippen LogP contribution in [0.5, 0.6) is 0 Å². The van der Waals surface area contributed by atoms with E-state index in [9.17, 15) is 13.2 Å². The smallest absolute Gasteiger partial charge is 0.285 e. The minimum Gasteiger partial charge on any atom is -0.385 e. The number of carbonyl (C=O) groups is 1. The zero-order valence-electron chi connectivity index (χ0n) is 21.9. The number of rotatable bonds is 9. The molecule has 10 nitrogen and oxygen atoms in total. The fraction of sp³-hybridized carbons (Fsp3) is 0.308. The summed E-state index contributed by atoms with van der Waals surface area (Å²) < 4.78 is 36.9. The van der Waals surface area contributed by atoms with Gasteiger partial charge in [-0.3, -0.25) is 9.69 Å². The Labute approximate surface area is 236 Å². The predicted molar refractivity (Wildman–Crippen MR) is 155 cm³/mol. The summed E-state index contributed by atoms with van der Waals surface area (Å²) in [5.74, 6) is 0.536. The first-order chi connectivity index (χ1) is 18.6. The minimum atomic E-state index is -3.86. The van der Waals surface area contributed by atoms with Gasteiger partial charge in [-0.2, -0.15) is 8.42 Å². The number of imidazole rings is 1. The van der Waals surface area contributed by atoms with Crippen molar-refractivity contribution in [3.63, 3.8) is 0 Å². The van der Waals surface area contributed by atoms with Gasteiger partial charge in [-0.15, -0.1) is 15.6 Å². The summed E-state index contributed by atoms with van der Waals surface area (Å²) in [6, 6.07) is 14.6. The zero-order chi connectivity index (χ0) is 27.9. The molecule has 1 aliphatic rings. The second-order valence-corrected chi connectivity index (χ2v) is 12.4. The molecule has 206 valence electrons. The van der Waals surface area contributed by atoms with Crippen LogP contribution in [0.3, 0.4) is 0 Å². The molecule has 0 spiro atoms. The summed E-state index contributed by atoms with van der Waals surface area (Å²) in [4.78, 5) is 23.2. The van der Waals surface area contributed by atoms with Gasteiger partial charge >= 0.3 is 0 Å². The second-order valence-electron chi connectivity index (χ2n) is 9.34. The van der Waals surface area contributed by atoms with Crippen LogP contribution < -0.4 is 14.9 Å². The van der Waals surface area contributed by atoms with Gasteiger partial charge in [0, 0.05) is 49.9 Å². The number of anilines is 3. The molecule has 0 aliphatic carbocycles. The van der Waals surface area contributed by atoms with Gasteiger partial charge in [0.2, 0.25) is 5.95 Å². The van der Waals surface area contributed by atoms with Crippen molar-refractivity contribution in [3.05, 3.63) is 58.4 Å². The molecular weight excluding hydrogens is 562 g/mol. The Bertz CT molecular complexity index is 1630. The monoisotopic (exact) mass is 589 g/mol. The number of benzene rings is 2. The number of halogens is 1. The zero-order valence-corrected chi connectivity index (χ0v) is 24.3. The number of hydrogen-bond acceptors (Lipinski definition) is 9. The Kier molecular flexibility index (Phi) is 7.57. The van der Waals surface area contributed by atoms with Gasteiger partial charge in [0.25, 0.3) is 16.0 Å². The topological polar surface area (TPSA) is 97.2 Å². The summed E-state index contributed by atoms with van der Waals surface area (Å²) in [6.45, 7) is 1.24. The average molecular weight is 590 g/mol. The van der Waals surface area contributed by atoms with Crippen molar-refractivity contribution >= 4 is 67.3 Å². The molecule has 0 radical (unpaired) electrons. The fourth-order valence-electron chi connectivity index (χ4n) is 4.50. The molecule has 0 atom stereocenters. The van der Waals surface area contributed by atoms with E-state index in [1.807, 2.05) is 49.3 Å². The minimum absolute atomic E-state index is 0.115. The summed E-state index contributed by atoms with van der Waals surface area (Å²) in [5.41, 5.74) is 3.47. The van der Waals surface area contributed by atoms with Crippen LogP contribution in [0, 0.1) is 0 Å². The first kappa shape index (κ1) is 27.4. The Morgan fingerprint density at radius 2 is 1.87 bits per heavy atom. The van der Waals surface area contributed by atoms with Crippen molar-refractivity contribution in [2.24, 2.45) is 0 Å². The van der Waals surface area contributed by atoms with E-state index in [1.165, 1.54) is 21.3 Å². The molecule has 5 rings (SSSR count). The third-order valence-electron chi connectivity index (χ3n) is 6.20. The fourth-order valence-corrected chi connectivity index (χ4v) is 6.18. The Morgan fingerprint density at radius 3 is 2.54 bits per heavy atom. The first-order valence-electron chi connectivity index (χ1n) is 12.1. The quantitative estimate of drug-likeness (QED) is 0.256. The van der Waals surface area contributed by atoms with E-state index in [0.29, 0.717) is 27.9 Å². The van der Waals surface area contributed by atoms with E-state index in [-0.39, 0.29) is 12.6 Å². The lowest BCUT2D eigenvalue weighted by Gasteiger charge is -2.34. The molecule has 2 aromatic carbocycles. The van der Waals surface area contributed by atoms with Crippen LogP contribution in [0.1, 0.15) is 16.1 Å². The standard InChI is InChI=1S/C26H28ClN5O5S2/c1-29(2)26-28-20-14-19(10-11-21(20)30(26)12-5-13-36-3)31-16-32(37-39(4,34)35)22-15-23(38-24(22)25(31)33)17-6-8-18(27)9-7-17/h6-11,14-15H,5,12-13,16H2,1-4H3. The number of aromatic nitrogens is 2. The second kappa shape index (κ2) is 10.8. The van der Waals surface area contributed by atoms with Gasteiger partial charge in [0.1, 0.15) is 11.5 Å². The number of nitrogens with zero attached hydrogens (tertiary/aromatic N) is 5. The SMILES string of the molecule is COCCCn1c(N(C)C)nc2cc(N3CN(OS(C)(=O)=O)c4cc(-c5ccc(Cl)cc5)sc4C3=O)ccc21. The summed E-state index contributed by atoms with van der Waals surface area (Å²) >= 11 is 7.31. The lowest BCUT2D eigenvalue weighted by molar-refractivity contribution is 0.0973. The number of aryl methyl sites for hydroxylation is 1. The molecule has 1 aliphatic heterocycles. The number of hydroxylamine groups is 1. The van der Waals surface area contributed by atoms with Gasteiger partial charge in [0.15, 0.2) is 0 Å². The van der Waals surface area contributed by atoms with Crippen LogP contribution in [0.4, 0.5) is 17.3 Å². The van der Waals surface area contributed by atoms with Crippen molar-refractivity contribution in [2.45, 2.75) is 13.0 Å². The highest BCUT2D eigenvalue weighted by Gasteiger charge is 2.35. The maximum Gasteiger partial charge on any atom is 0.285 e. The van der Waals surface area contributed by atoms with Gasteiger partial charge in [-0.25, -0.2) is 10.0 Å². The number of carbonyl (C=O) groups excluding carboxylic acids is 1. The number of ether oxygens (including phenoxy) is 1. The van der Waals surface area contributed by atoms with Crippen LogP contribution in [-0.2, 0) is 25.7 Å². The van der Waals surface area contributed by atoms with Crippen molar-refractivity contribution in [1.29, 1.82) is 0 Å². The van der Waals surface area contributed by atoms with Gasteiger partial charge in [0.05, 0.1) is 23.0 Å². The molecule has 0 saturated heterocycles. The van der Waals surface area contributed by atoms with E-state index in [4.69, 9.17) is 25.6 Å². The van der Waals surface area contributed by atoms with E-state index >= 15 is 0 Å². The highest BCUT2D eigenvalue weighted by atomic mass is 35.5. The molecule has 2 aromatic heterocycles. The average Bonchev–Trinajstić information content (AvgIpc) is 3.48. The maximum absolute atomic E-state index is 13.8. The number of thiophene rings is 1. The number of methoxy groups -OCH3 is 1. The molecule has 0 saturated carbocycles. The predicted octanol–water partition coefficient (Wildman–Crippen LogP) is 4.84. The normalized spacial score (nSPS) is 13.8. The third kappa shape index (κ3) is 5.61. The number of hydrogen-bond donors (Lipinski definition) is 0. The maximum atomic E-state index is 13.8. The molecular formula is C26H28ClN5O5S2. The Balaban J connectivity index is 1.55. The van der Waals surface area contributed by atoms with Crippen LogP contribution in [-0.4, -0.2) is 64.6 Å².